The number of piperidine rings is 1. The van der Waals surface area contributed by atoms with Gasteiger partial charge in [0.05, 0.1) is 12.5 Å². The molecule has 0 bridgehead atoms. The summed E-state index contributed by atoms with van der Waals surface area (Å²) in [5.74, 6) is 2.52. The smallest absolute Gasteiger partial charge is 0.243 e. The standard InChI is InChI=1S/C20H21N5O2/c1-2-15-6-3-8-17(12-15)24-18(26)13-23-19(27)16-7-4-11-25(14-16)20-21-9-5-10-22-20/h1,3,5-6,8-10,12,16H,4,7,11,13-14H2,(H,23,27)(H,24,26). The fraction of sp³-hybridized carbons (Fsp3) is 0.300. The first-order valence-corrected chi connectivity index (χ1v) is 8.82. The Morgan fingerprint density at radius 2 is 2.07 bits per heavy atom. The third-order valence-electron chi connectivity index (χ3n) is 4.36. The molecule has 7 nitrogen and oxygen atoms in total. The van der Waals surface area contributed by atoms with E-state index < -0.39 is 0 Å². The van der Waals surface area contributed by atoms with E-state index in [1.807, 2.05) is 4.90 Å². The molecule has 0 radical (unpaired) electrons. The van der Waals surface area contributed by atoms with Gasteiger partial charge in [-0.3, -0.25) is 9.59 Å². The number of nitrogens with zero attached hydrogens (tertiary/aromatic N) is 3. The summed E-state index contributed by atoms with van der Waals surface area (Å²) < 4.78 is 0. The van der Waals surface area contributed by atoms with Crippen molar-refractivity contribution in [2.75, 3.05) is 29.9 Å². The predicted octanol–water partition coefficient (Wildman–Crippen LogP) is 1.43. The van der Waals surface area contributed by atoms with Crippen LogP contribution in [-0.2, 0) is 9.59 Å². The number of rotatable bonds is 5. The van der Waals surface area contributed by atoms with Crippen molar-refractivity contribution >= 4 is 23.5 Å². The van der Waals surface area contributed by atoms with Gasteiger partial charge in [0.25, 0.3) is 0 Å². The van der Waals surface area contributed by atoms with E-state index in [2.05, 4.69) is 26.5 Å². The summed E-state index contributed by atoms with van der Waals surface area (Å²) in [6.45, 7) is 1.28. The minimum absolute atomic E-state index is 0.0859. The molecule has 1 saturated heterocycles. The monoisotopic (exact) mass is 363 g/mol. The van der Waals surface area contributed by atoms with Crippen LogP contribution in [0.3, 0.4) is 0 Å². The Labute approximate surface area is 158 Å². The van der Waals surface area contributed by atoms with Crippen molar-refractivity contribution in [3.8, 4) is 12.3 Å². The first-order valence-electron chi connectivity index (χ1n) is 8.82. The lowest BCUT2D eigenvalue weighted by Crippen LogP contribution is -2.45. The normalized spacial score (nSPS) is 16.3. The molecule has 2 amide bonds. The number of amides is 2. The van der Waals surface area contributed by atoms with E-state index in [1.54, 1.807) is 42.7 Å². The van der Waals surface area contributed by atoms with Gasteiger partial charge >= 0.3 is 0 Å². The van der Waals surface area contributed by atoms with Crippen LogP contribution in [0.1, 0.15) is 18.4 Å². The van der Waals surface area contributed by atoms with Crippen LogP contribution in [0.5, 0.6) is 0 Å². The number of terminal acetylenes is 1. The van der Waals surface area contributed by atoms with Crippen LogP contribution in [-0.4, -0.2) is 41.4 Å². The van der Waals surface area contributed by atoms with Crippen molar-refractivity contribution in [3.05, 3.63) is 48.3 Å². The van der Waals surface area contributed by atoms with E-state index >= 15 is 0 Å². The maximum atomic E-state index is 12.4. The lowest BCUT2D eigenvalue weighted by Gasteiger charge is -2.31. The first kappa shape index (κ1) is 18.4. The summed E-state index contributed by atoms with van der Waals surface area (Å²) in [6, 6.07) is 8.77. The summed E-state index contributed by atoms with van der Waals surface area (Å²) in [7, 11) is 0. The van der Waals surface area contributed by atoms with E-state index in [9.17, 15) is 9.59 Å². The summed E-state index contributed by atoms with van der Waals surface area (Å²) in [4.78, 5) is 35.0. The van der Waals surface area contributed by atoms with Gasteiger partial charge in [0.1, 0.15) is 0 Å². The van der Waals surface area contributed by atoms with Crippen molar-refractivity contribution in [1.29, 1.82) is 0 Å². The molecule has 7 heteroatoms. The number of hydrogen-bond donors (Lipinski definition) is 2. The molecule has 1 aromatic carbocycles. The number of nitrogens with one attached hydrogen (secondary N) is 2. The number of anilines is 2. The van der Waals surface area contributed by atoms with Crippen LogP contribution in [0.2, 0.25) is 0 Å². The van der Waals surface area contributed by atoms with Crippen LogP contribution >= 0.6 is 0 Å². The van der Waals surface area contributed by atoms with Gasteiger partial charge in [-0.1, -0.05) is 12.0 Å². The Morgan fingerprint density at radius 1 is 1.26 bits per heavy atom. The number of hydrogen-bond acceptors (Lipinski definition) is 5. The Kier molecular flexibility index (Phi) is 6.00. The zero-order chi connectivity index (χ0) is 19.1. The largest absolute Gasteiger partial charge is 0.347 e. The third kappa shape index (κ3) is 5.05. The van der Waals surface area contributed by atoms with E-state index in [-0.39, 0.29) is 24.3 Å². The minimum atomic E-state index is -0.295. The zero-order valence-corrected chi connectivity index (χ0v) is 14.9. The molecule has 0 aliphatic carbocycles. The number of carbonyl (C=O) groups is 2. The van der Waals surface area contributed by atoms with Gasteiger partial charge in [-0.15, -0.1) is 6.42 Å². The molecule has 0 spiro atoms. The van der Waals surface area contributed by atoms with Crippen LogP contribution in [0.25, 0.3) is 0 Å². The molecule has 1 unspecified atom stereocenters. The topological polar surface area (TPSA) is 87.2 Å². The summed E-state index contributed by atoms with van der Waals surface area (Å²) in [5.41, 5.74) is 1.29. The molecule has 1 aliphatic rings. The molecule has 27 heavy (non-hydrogen) atoms. The van der Waals surface area contributed by atoms with Crippen LogP contribution < -0.4 is 15.5 Å². The molecule has 1 aromatic heterocycles. The lowest BCUT2D eigenvalue weighted by atomic mass is 9.97. The van der Waals surface area contributed by atoms with E-state index in [0.29, 0.717) is 23.7 Å². The summed E-state index contributed by atoms with van der Waals surface area (Å²) >= 11 is 0. The molecule has 2 aromatic rings. The second kappa shape index (κ2) is 8.81. The highest BCUT2D eigenvalue weighted by Crippen LogP contribution is 2.20. The second-order valence-electron chi connectivity index (χ2n) is 6.33. The maximum Gasteiger partial charge on any atom is 0.243 e. The highest BCUT2D eigenvalue weighted by Gasteiger charge is 2.27. The molecular weight excluding hydrogens is 342 g/mol. The molecular formula is C20H21N5O2. The quantitative estimate of drug-likeness (QED) is 0.785. The van der Waals surface area contributed by atoms with Crippen LogP contribution in [0, 0.1) is 18.3 Å². The average Bonchev–Trinajstić information content (AvgIpc) is 2.73. The SMILES string of the molecule is C#Cc1cccc(NC(=O)CNC(=O)C2CCCN(c3ncccn3)C2)c1. The Balaban J connectivity index is 1.49. The second-order valence-corrected chi connectivity index (χ2v) is 6.33. The molecule has 2 heterocycles. The minimum Gasteiger partial charge on any atom is -0.347 e. The van der Waals surface area contributed by atoms with Crippen LogP contribution in [0.4, 0.5) is 11.6 Å². The number of benzene rings is 1. The van der Waals surface area contributed by atoms with E-state index in [4.69, 9.17) is 6.42 Å². The molecule has 1 aliphatic heterocycles. The average molecular weight is 363 g/mol. The predicted molar refractivity (Wildman–Crippen MR) is 103 cm³/mol. The fourth-order valence-corrected chi connectivity index (χ4v) is 3.03. The molecule has 0 saturated carbocycles. The first-order chi connectivity index (χ1) is 13.2. The molecule has 1 fully saturated rings. The third-order valence-corrected chi connectivity index (χ3v) is 4.36. The van der Waals surface area contributed by atoms with Crippen molar-refractivity contribution in [2.45, 2.75) is 12.8 Å². The maximum absolute atomic E-state index is 12.4. The molecule has 138 valence electrons. The molecule has 2 N–H and O–H groups in total. The van der Waals surface area contributed by atoms with Gasteiger partial charge in [-0.25, -0.2) is 9.97 Å². The van der Waals surface area contributed by atoms with Gasteiger partial charge in [0.15, 0.2) is 0 Å². The highest BCUT2D eigenvalue weighted by molar-refractivity contribution is 5.95. The van der Waals surface area contributed by atoms with Crippen LogP contribution in [0.15, 0.2) is 42.7 Å². The van der Waals surface area contributed by atoms with Crippen molar-refractivity contribution < 1.29 is 9.59 Å². The van der Waals surface area contributed by atoms with Gasteiger partial charge in [0, 0.05) is 36.7 Å². The Hall–Kier alpha value is -3.40. The fourth-order valence-electron chi connectivity index (χ4n) is 3.03. The number of aromatic nitrogens is 2. The van der Waals surface area contributed by atoms with Gasteiger partial charge in [0.2, 0.25) is 17.8 Å². The molecule has 1 atom stereocenters. The van der Waals surface area contributed by atoms with Gasteiger partial charge < -0.3 is 15.5 Å². The summed E-state index contributed by atoms with van der Waals surface area (Å²) in [5, 5.41) is 5.44. The zero-order valence-electron chi connectivity index (χ0n) is 14.9. The Morgan fingerprint density at radius 3 is 2.85 bits per heavy atom. The summed E-state index contributed by atoms with van der Waals surface area (Å²) in [6.07, 6.45) is 10.4. The van der Waals surface area contributed by atoms with Crippen molar-refractivity contribution in [1.82, 2.24) is 15.3 Å². The number of carbonyl (C=O) groups excluding carboxylic acids is 2. The van der Waals surface area contributed by atoms with E-state index in [1.165, 1.54) is 0 Å². The van der Waals surface area contributed by atoms with Crippen molar-refractivity contribution in [3.63, 3.8) is 0 Å². The van der Waals surface area contributed by atoms with Gasteiger partial charge in [-0.05, 0) is 37.1 Å². The molecule has 3 rings (SSSR count). The Bertz CT molecular complexity index is 847. The highest BCUT2D eigenvalue weighted by atomic mass is 16.2. The van der Waals surface area contributed by atoms with Crippen molar-refractivity contribution in [2.24, 2.45) is 5.92 Å². The van der Waals surface area contributed by atoms with E-state index in [0.717, 1.165) is 19.4 Å². The lowest BCUT2D eigenvalue weighted by molar-refractivity contribution is -0.127. The van der Waals surface area contributed by atoms with Gasteiger partial charge in [-0.2, -0.15) is 0 Å².